The van der Waals surface area contributed by atoms with Gasteiger partial charge in [-0.1, -0.05) is 12.1 Å². The highest BCUT2D eigenvalue weighted by Gasteiger charge is 2.39. The summed E-state index contributed by atoms with van der Waals surface area (Å²) in [4.78, 5) is 7.06. The van der Waals surface area contributed by atoms with Crippen molar-refractivity contribution in [3.8, 4) is 0 Å². The molecule has 2 N–H and O–H groups in total. The summed E-state index contributed by atoms with van der Waals surface area (Å²) in [5, 5.41) is 0. The van der Waals surface area contributed by atoms with Crippen LogP contribution in [0, 0.1) is 0 Å². The van der Waals surface area contributed by atoms with Crippen molar-refractivity contribution in [3.05, 3.63) is 47.4 Å². The number of nitrogens with zero attached hydrogens (tertiary/aromatic N) is 3. The monoisotopic (exact) mass is 358 g/mol. The summed E-state index contributed by atoms with van der Waals surface area (Å²) in [5.41, 5.74) is 5.57. The molecule has 0 saturated carbocycles. The minimum absolute atomic E-state index is 0.0130. The quantitative estimate of drug-likeness (QED) is 0.885. The van der Waals surface area contributed by atoms with Gasteiger partial charge in [-0.25, -0.2) is 18.4 Å². The van der Waals surface area contributed by atoms with Crippen LogP contribution in [-0.4, -0.2) is 29.2 Å². The number of benzene rings is 1. The minimum atomic E-state index is -4.76. The van der Waals surface area contributed by atoms with Gasteiger partial charge in [0, 0.05) is 12.1 Å². The molecule has 1 aliphatic heterocycles. The molecule has 0 amide bonds. The Morgan fingerprint density at radius 3 is 2.58 bits per heavy atom. The highest BCUT2D eigenvalue weighted by Crippen LogP contribution is 2.36. The SMILES string of the molecule is Nc1ncnc2c1CCN(S(=O)(=O)c1ccccc1C(F)(F)F)C2. The maximum absolute atomic E-state index is 13.1. The van der Waals surface area contributed by atoms with Crippen molar-refractivity contribution in [1.82, 2.24) is 14.3 Å². The molecule has 0 aliphatic carbocycles. The summed E-state index contributed by atoms with van der Waals surface area (Å²) in [6, 6.07) is 4.13. The number of fused-ring (bicyclic) bond motifs is 1. The predicted molar refractivity (Wildman–Crippen MR) is 79.2 cm³/mol. The molecule has 24 heavy (non-hydrogen) atoms. The number of nitrogen functional groups attached to an aromatic ring is 1. The smallest absolute Gasteiger partial charge is 0.383 e. The topological polar surface area (TPSA) is 89.2 Å². The molecule has 0 spiro atoms. The molecule has 128 valence electrons. The van der Waals surface area contributed by atoms with Gasteiger partial charge in [0.15, 0.2) is 0 Å². The summed E-state index contributed by atoms with van der Waals surface area (Å²) in [6.45, 7) is -0.129. The number of halogens is 3. The minimum Gasteiger partial charge on any atom is -0.383 e. The summed E-state index contributed by atoms with van der Waals surface area (Å²) < 4.78 is 65.7. The molecule has 10 heteroatoms. The summed E-state index contributed by atoms with van der Waals surface area (Å²) in [6.07, 6.45) is -3.31. The van der Waals surface area contributed by atoms with Crippen LogP contribution < -0.4 is 5.73 Å². The van der Waals surface area contributed by atoms with Crippen molar-refractivity contribution in [1.29, 1.82) is 0 Å². The number of aromatic nitrogens is 2. The molecule has 0 unspecified atom stereocenters. The molecule has 2 heterocycles. The van der Waals surface area contributed by atoms with Crippen molar-refractivity contribution in [2.45, 2.75) is 24.0 Å². The van der Waals surface area contributed by atoms with Crippen LogP contribution in [0.15, 0.2) is 35.5 Å². The van der Waals surface area contributed by atoms with Gasteiger partial charge >= 0.3 is 6.18 Å². The molecule has 0 atom stereocenters. The van der Waals surface area contributed by atoms with Crippen molar-refractivity contribution < 1.29 is 21.6 Å². The molecule has 6 nitrogen and oxygen atoms in total. The Labute approximate surface area is 136 Å². The Bertz CT molecular complexity index is 884. The van der Waals surface area contributed by atoms with E-state index < -0.39 is 26.7 Å². The molecule has 0 bridgehead atoms. The van der Waals surface area contributed by atoms with Gasteiger partial charge in [-0.05, 0) is 18.6 Å². The Morgan fingerprint density at radius 1 is 1.17 bits per heavy atom. The number of alkyl halides is 3. The van der Waals surface area contributed by atoms with Crippen LogP contribution in [0.2, 0.25) is 0 Å². The van der Waals surface area contributed by atoms with E-state index in [-0.39, 0.29) is 25.3 Å². The van der Waals surface area contributed by atoms with Gasteiger partial charge in [0.2, 0.25) is 10.0 Å². The van der Waals surface area contributed by atoms with E-state index in [1.54, 1.807) is 0 Å². The van der Waals surface area contributed by atoms with Crippen LogP contribution in [0.3, 0.4) is 0 Å². The van der Waals surface area contributed by atoms with E-state index >= 15 is 0 Å². The van der Waals surface area contributed by atoms with E-state index in [1.807, 2.05) is 0 Å². The highest BCUT2D eigenvalue weighted by molar-refractivity contribution is 7.89. The lowest BCUT2D eigenvalue weighted by Gasteiger charge is -2.28. The molecule has 3 rings (SSSR count). The molecule has 1 aromatic heterocycles. The van der Waals surface area contributed by atoms with Gasteiger partial charge < -0.3 is 5.73 Å². The fourth-order valence-electron chi connectivity index (χ4n) is 2.63. The number of hydrogen-bond acceptors (Lipinski definition) is 5. The normalized spacial score (nSPS) is 16.0. The van der Waals surface area contributed by atoms with Gasteiger partial charge in [0.1, 0.15) is 12.1 Å². The molecular formula is C14H13F3N4O2S. The third-order valence-electron chi connectivity index (χ3n) is 3.82. The average Bonchev–Trinajstić information content (AvgIpc) is 2.54. The first kappa shape index (κ1) is 16.7. The lowest BCUT2D eigenvalue weighted by Crippen LogP contribution is -2.37. The lowest BCUT2D eigenvalue weighted by molar-refractivity contribution is -0.139. The number of nitrogens with two attached hydrogens (primary N) is 1. The maximum atomic E-state index is 13.1. The number of hydrogen-bond donors (Lipinski definition) is 1. The van der Waals surface area contributed by atoms with E-state index in [2.05, 4.69) is 9.97 Å². The zero-order valence-electron chi connectivity index (χ0n) is 12.3. The summed E-state index contributed by atoms with van der Waals surface area (Å²) in [5.74, 6) is 0.257. The van der Waals surface area contributed by atoms with Crippen LogP contribution in [0.4, 0.5) is 19.0 Å². The fraction of sp³-hybridized carbons (Fsp3) is 0.286. The van der Waals surface area contributed by atoms with E-state index in [0.717, 1.165) is 22.5 Å². The molecular weight excluding hydrogens is 345 g/mol. The Kier molecular flexibility index (Phi) is 3.96. The standard InChI is InChI=1S/C14H13F3N4O2S/c15-14(16,17)10-3-1-2-4-12(10)24(22,23)21-6-5-9-11(7-21)19-8-20-13(9)18/h1-4,8H,5-7H2,(H2,18,19,20). The Morgan fingerprint density at radius 2 is 1.88 bits per heavy atom. The molecule has 1 aliphatic rings. The molecule has 1 aromatic carbocycles. The Hall–Kier alpha value is -2.20. The average molecular weight is 358 g/mol. The first-order chi connectivity index (χ1) is 11.2. The first-order valence-electron chi connectivity index (χ1n) is 6.96. The first-order valence-corrected chi connectivity index (χ1v) is 8.40. The largest absolute Gasteiger partial charge is 0.417 e. The predicted octanol–water partition coefficient (Wildman–Crippen LogP) is 1.82. The van der Waals surface area contributed by atoms with Gasteiger partial charge in [-0.2, -0.15) is 17.5 Å². The third kappa shape index (κ3) is 2.82. The lowest BCUT2D eigenvalue weighted by atomic mass is 10.1. The molecule has 0 saturated heterocycles. The van der Waals surface area contributed by atoms with E-state index in [0.29, 0.717) is 11.3 Å². The van der Waals surface area contributed by atoms with Gasteiger partial charge in [-0.3, -0.25) is 0 Å². The van der Waals surface area contributed by atoms with Crippen LogP contribution >= 0.6 is 0 Å². The zero-order chi connectivity index (χ0) is 17.5. The maximum Gasteiger partial charge on any atom is 0.417 e. The Balaban J connectivity index is 2.02. The zero-order valence-corrected chi connectivity index (χ0v) is 13.1. The van der Waals surface area contributed by atoms with Crippen molar-refractivity contribution in [2.75, 3.05) is 12.3 Å². The van der Waals surface area contributed by atoms with Crippen LogP contribution in [0.5, 0.6) is 0 Å². The summed E-state index contributed by atoms with van der Waals surface area (Å²) >= 11 is 0. The van der Waals surface area contributed by atoms with Gasteiger partial charge in [0.05, 0.1) is 22.7 Å². The number of rotatable bonds is 2. The second-order valence-corrected chi connectivity index (χ2v) is 7.17. The van der Waals surface area contributed by atoms with E-state index in [4.69, 9.17) is 5.73 Å². The third-order valence-corrected chi connectivity index (χ3v) is 5.72. The highest BCUT2D eigenvalue weighted by atomic mass is 32.2. The summed E-state index contributed by atoms with van der Waals surface area (Å²) in [7, 11) is -4.32. The fourth-order valence-corrected chi connectivity index (χ4v) is 4.24. The van der Waals surface area contributed by atoms with Crippen LogP contribution in [0.1, 0.15) is 16.8 Å². The second kappa shape index (κ2) is 5.71. The number of sulfonamides is 1. The van der Waals surface area contributed by atoms with Crippen molar-refractivity contribution in [2.24, 2.45) is 0 Å². The van der Waals surface area contributed by atoms with E-state index in [1.165, 1.54) is 12.4 Å². The van der Waals surface area contributed by atoms with E-state index in [9.17, 15) is 21.6 Å². The van der Waals surface area contributed by atoms with Crippen LogP contribution in [0.25, 0.3) is 0 Å². The number of anilines is 1. The van der Waals surface area contributed by atoms with Gasteiger partial charge in [0.25, 0.3) is 0 Å². The van der Waals surface area contributed by atoms with Gasteiger partial charge in [-0.15, -0.1) is 0 Å². The van der Waals surface area contributed by atoms with Crippen LogP contribution in [-0.2, 0) is 29.2 Å². The second-order valence-electron chi connectivity index (χ2n) is 5.27. The molecule has 0 radical (unpaired) electrons. The van der Waals surface area contributed by atoms with Crippen molar-refractivity contribution in [3.63, 3.8) is 0 Å². The molecule has 0 fully saturated rings. The van der Waals surface area contributed by atoms with Crippen molar-refractivity contribution >= 4 is 15.8 Å². The molecule has 2 aromatic rings.